The summed E-state index contributed by atoms with van der Waals surface area (Å²) in [7, 11) is 0. The third-order valence-corrected chi connectivity index (χ3v) is 5.75. The standard InChI is InChI=1S/C23H25ClFN3O4/c1-4-21(29)28-8-7-27(12-15(28)3)13-20(16-5-6-18(24)19(25)10-16)32-17-9-14(2)22(23(30)31)26-11-17/h4-6,9-11,15,20H,1,7-8,12-13H2,2-3H3,(H,30,31)/t15-,20-/m1/s1. The van der Waals surface area contributed by atoms with Crippen molar-refractivity contribution in [2.75, 3.05) is 26.2 Å². The fourth-order valence-electron chi connectivity index (χ4n) is 3.80. The smallest absolute Gasteiger partial charge is 0.354 e. The lowest BCUT2D eigenvalue weighted by Gasteiger charge is -2.40. The summed E-state index contributed by atoms with van der Waals surface area (Å²) in [6.07, 6.45) is 2.09. The molecule has 1 aliphatic heterocycles. The van der Waals surface area contributed by atoms with E-state index in [9.17, 15) is 19.1 Å². The first kappa shape index (κ1) is 23.7. The molecule has 2 aromatic rings. The van der Waals surface area contributed by atoms with Crippen LogP contribution >= 0.6 is 11.6 Å². The topological polar surface area (TPSA) is 83.0 Å². The zero-order valence-corrected chi connectivity index (χ0v) is 18.7. The molecule has 170 valence electrons. The molecule has 3 rings (SSSR count). The summed E-state index contributed by atoms with van der Waals surface area (Å²) < 4.78 is 20.3. The highest BCUT2D eigenvalue weighted by Crippen LogP contribution is 2.27. The Bertz CT molecular complexity index is 1030. The number of ether oxygens (including phenoxy) is 1. The van der Waals surface area contributed by atoms with E-state index in [-0.39, 0.29) is 22.7 Å². The number of nitrogens with zero attached hydrogens (tertiary/aromatic N) is 3. The molecule has 1 aromatic heterocycles. The number of carboxylic acid groups (broad SMARTS) is 1. The van der Waals surface area contributed by atoms with Gasteiger partial charge in [-0.2, -0.15) is 0 Å². The fourth-order valence-corrected chi connectivity index (χ4v) is 3.92. The Morgan fingerprint density at radius 1 is 1.41 bits per heavy atom. The molecule has 0 saturated carbocycles. The Labute approximate surface area is 191 Å². The molecule has 1 aliphatic rings. The van der Waals surface area contributed by atoms with Crippen LogP contribution in [0.2, 0.25) is 5.02 Å². The maximum atomic E-state index is 14.2. The molecule has 1 saturated heterocycles. The SMILES string of the molecule is C=CC(=O)N1CCN(C[C@@H](Oc2cnc(C(=O)O)c(C)c2)c2ccc(Cl)c(F)c2)C[C@H]1C. The van der Waals surface area contributed by atoms with Gasteiger partial charge < -0.3 is 14.7 Å². The molecule has 2 heterocycles. The number of hydrogen-bond donors (Lipinski definition) is 1. The quantitative estimate of drug-likeness (QED) is 0.633. The van der Waals surface area contributed by atoms with Crippen LogP contribution < -0.4 is 4.74 Å². The van der Waals surface area contributed by atoms with Crippen molar-refractivity contribution in [1.29, 1.82) is 0 Å². The number of aromatic nitrogens is 1. The normalized spacial score (nSPS) is 17.6. The van der Waals surface area contributed by atoms with Crippen LogP contribution in [0, 0.1) is 12.7 Å². The Hall–Kier alpha value is -2.97. The number of carbonyl (C=O) groups excluding carboxylic acids is 1. The van der Waals surface area contributed by atoms with Crippen molar-refractivity contribution >= 4 is 23.5 Å². The highest BCUT2D eigenvalue weighted by molar-refractivity contribution is 6.30. The third-order valence-electron chi connectivity index (χ3n) is 5.44. The summed E-state index contributed by atoms with van der Waals surface area (Å²) in [4.78, 5) is 31.1. The van der Waals surface area contributed by atoms with Crippen LogP contribution in [0.1, 0.15) is 34.6 Å². The molecular weight excluding hydrogens is 437 g/mol. The van der Waals surface area contributed by atoms with E-state index in [1.807, 2.05) is 6.92 Å². The van der Waals surface area contributed by atoms with Crippen LogP contribution in [0.4, 0.5) is 4.39 Å². The molecule has 1 amide bonds. The van der Waals surface area contributed by atoms with Crippen molar-refractivity contribution in [3.05, 3.63) is 70.8 Å². The number of halogens is 2. The third kappa shape index (κ3) is 5.44. The largest absolute Gasteiger partial charge is 0.483 e. The van der Waals surface area contributed by atoms with Crippen molar-refractivity contribution in [3.63, 3.8) is 0 Å². The van der Waals surface area contributed by atoms with E-state index < -0.39 is 17.9 Å². The highest BCUT2D eigenvalue weighted by Gasteiger charge is 2.29. The number of amides is 1. The monoisotopic (exact) mass is 461 g/mol. The van der Waals surface area contributed by atoms with E-state index in [2.05, 4.69) is 16.5 Å². The number of pyridine rings is 1. The second kappa shape index (κ2) is 10.1. The molecule has 1 fully saturated rings. The van der Waals surface area contributed by atoms with Crippen LogP contribution in [0.25, 0.3) is 0 Å². The predicted octanol–water partition coefficient (Wildman–Crippen LogP) is 3.72. The summed E-state index contributed by atoms with van der Waals surface area (Å²) >= 11 is 5.85. The van der Waals surface area contributed by atoms with E-state index in [4.69, 9.17) is 16.3 Å². The van der Waals surface area contributed by atoms with Crippen molar-refractivity contribution < 1.29 is 23.8 Å². The molecule has 1 N–H and O–H groups in total. The van der Waals surface area contributed by atoms with E-state index in [1.165, 1.54) is 24.4 Å². The molecule has 1 aromatic carbocycles. The molecule has 32 heavy (non-hydrogen) atoms. The Balaban J connectivity index is 1.83. The minimum atomic E-state index is -1.12. The highest BCUT2D eigenvalue weighted by atomic mass is 35.5. The van der Waals surface area contributed by atoms with Crippen LogP contribution in [0.15, 0.2) is 43.1 Å². The van der Waals surface area contributed by atoms with Crippen LogP contribution in [-0.2, 0) is 4.79 Å². The summed E-state index contributed by atoms with van der Waals surface area (Å²) in [5, 5.41) is 9.21. The summed E-state index contributed by atoms with van der Waals surface area (Å²) in [6, 6.07) is 6.08. The molecule has 0 bridgehead atoms. The van der Waals surface area contributed by atoms with Crippen molar-refractivity contribution in [2.45, 2.75) is 26.0 Å². The number of rotatable bonds is 7. The fraction of sp³-hybridized carbons (Fsp3) is 0.348. The molecular formula is C23H25ClFN3O4. The number of benzene rings is 1. The molecule has 9 heteroatoms. The van der Waals surface area contributed by atoms with Gasteiger partial charge in [-0.05, 0) is 49.2 Å². The second-order valence-electron chi connectivity index (χ2n) is 7.77. The van der Waals surface area contributed by atoms with Crippen molar-refractivity contribution in [3.8, 4) is 5.75 Å². The van der Waals surface area contributed by atoms with Gasteiger partial charge in [-0.15, -0.1) is 0 Å². The molecule has 0 aliphatic carbocycles. The Kier molecular flexibility index (Phi) is 7.48. The Morgan fingerprint density at radius 2 is 2.16 bits per heavy atom. The zero-order valence-electron chi connectivity index (χ0n) is 17.9. The van der Waals surface area contributed by atoms with Gasteiger partial charge >= 0.3 is 5.97 Å². The second-order valence-corrected chi connectivity index (χ2v) is 8.17. The first-order valence-electron chi connectivity index (χ1n) is 10.2. The number of carbonyl (C=O) groups is 2. The van der Waals surface area contributed by atoms with E-state index in [0.717, 1.165) is 0 Å². The maximum absolute atomic E-state index is 14.2. The average Bonchev–Trinajstić information content (AvgIpc) is 2.74. The van der Waals surface area contributed by atoms with Crippen LogP contribution in [0.5, 0.6) is 5.75 Å². The van der Waals surface area contributed by atoms with Gasteiger partial charge in [0.05, 0.1) is 11.2 Å². The van der Waals surface area contributed by atoms with E-state index in [0.29, 0.717) is 43.1 Å². The van der Waals surface area contributed by atoms with Crippen LogP contribution in [0.3, 0.4) is 0 Å². The molecule has 0 unspecified atom stereocenters. The summed E-state index contributed by atoms with van der Waals surface area (Å²) in [6.45, 7) is 9.36. The van der Waals surface area contributed by atoms with Gasteiger partial charge in [-0.25, -0.2) is 14.2 Å². The van der Waals surface area contributed by atoms with Crippen molar-refractivity contribution in [2.24, 2.45) is 0 Å². The number of aryl methyl sites for hydroxylation is 1. The van der Waals surface area contributed by atoms with Gasteiger partial charge in [0, 0.05) is 32.2 Å². The molecule has 0 radical (unpaired) electrons. The minimum Gasteiger partial charge on any atom is -0.483 e. The predicted molar refractivity (Wildman–Crippen MR) is 119 cm³/mol. The molecule has 7 nitrogen and oxygen atoms in total. The first-order chi connectivity index (χ1) is 15.2. The lowest BCUT2D eigenvalue weighted by molar-refractivity contribution is -0.130. The minimum absolute atomic E-state index is 0.0148. The average molecular weight is 462 g/mol. The molecule has 2 atom stereocenters. The lowest BCUT2D eigenvalue weighted by Crippen LogP contribution is -2.54. The number of aromatic carboxylic acids is 1. The molecule has 0 spiro atoms. The summed E-state index contributed by atoms with van der Waals surface area (Å²) in [5.41, 5.74) is 0.994. The van der Waals surface area contributed by atoms with Gasteiger partial charge in [0.25, 0.3) is 0 Å². The maximum Gasteiger partial charge on any atom is 0.354 e. The lowest BCUT2D eigenvalue weighted by atomic mass is 10.1. The van der Waals surface area contributed by atoms with E-state index in [1.54, 1.807) is 24.0 Å². The van der Waals surface area contributed by atoms with Crippen molar-refractivity contribution in [1.82, 2.24) is 14.8 Å². The van der Waals surface area contributed by atoms with Gasteiger partial charge in [0.1, 0.15) is 17.7 Å². The number of piperazine rings is 1. The summed E-state index contributed by atoms with van der Waals surface area (Å²) in [5.74, 6) is -1.40. The van der Waals surface area contributed by atoms with Gasteiger partial charge in [0.2, 0.25) is 5.91 Å². The number of hydrogen-bond acceptors (Lipinski definition) is 5. The van der Waals surface area contributed by atoms with Gasteiger partial charge in [-0.1, -0.05) is 24.2 Å². The van der Waals surface area contributed by atoms with Crippen LogP contribution in [-0.4, -0.2) is 64.0 Å². The Morgan fingerprint density at radius 3 is 2.75 bits per heavy atom. The zero-order chi connectivity index (χ0) is 23.4. The number of carboxylic acids is 1. The van der Waals surface area contributed by atoms with Gasteiger partial charge in [-0.3, -0.25) is 9.69 Å². The van der Waals surface area contributed by atoms with Gasteiger partial charge in [0.15, 0.2) is 5.69 Å². The van der Waals surface area contributed by atoms with E-state index >= 15 is 0 Å². The first-order valence-corrected chi connectivity index (χ1v) is 10.5.